The second-order valence-corrected chi connectivity index (χ2v) is 7.19. The van der Waals surface area contributed by atoms with Gasteiger partial charge >= 0.3 is 0 Å². The predicted octanol–water partition coefficient (Wildman–Crippen LogP) is -0.0246. The first-order valence-corrected chi connectivity index (χ1v) is 9.55. The van der Waals surface area contributed by atoms with Crippen molar-refractivity contribution in [3.05, 3.63) is 29.8 Å². The normalized spacial score (nSPS) is 22.8. The van der Waals surface area contributed by atoms with Gasteiger partial charge < -0.3 is 30.7 Å². The summed E-state index contributed by atoms with van der Waals surface area (Å²) in [5, 5.41) is 30.1. The van der Waals surface area contributed by atoms with Gasteiger partial charge in [-0.15, -0.1) is 0 Å². The number of ketones is 1. The lowest BCUT2D eigenvalue weighted by Gasteiger charge is -2.16. The van der Waals surface area contributed by atoms with E-state index in [2.05, 4.69) is 32.2 Å². The third kappa shape index (κ3) is 4.21. The maximum Gasteiger partial charge on any atom is 0.247 e. The molecular formula is C19H25N9O4. The number of nitrogen functional groups attached to an aromatic ring is 1. The zero-order valence-corrected chi connectivity index (χ0v) is 17.8. The van der Waals surface area contributed by atoms with E-state index in [-0.39, 0.29) is 17.4 Å². The summed E-state index contributed by atoms with van der Waals surface area (Å²) in [4.78, 5) is 24.3. The highest BCUT2D eigenvalue weighted by molar-refractivity contribution is 5.84. The van der Waals surface area contributed by atoms with E-state index < -0.39 is 30.3 Å². The lowest BCUT2D eigenvalue weighted by Crippen LogP contribution is -2.34. The van der Waals surface area contributed by atoms with E-state index in [9.17, 15) is 15.0 Å². The first-order chi connectivity index (χ1) is 15.3. The number of imidazole rings is 1. The third-order valence-electron chi connectivity index (χ3n) is 5.01. The fraction of sp³-hybridized carbons (Fsp3) is 0.368. The molecule has 3 aromatic heterocycles. The minimum Gasteiger partial charge on any atom is -0.387 e. The fourth-order valence-electron chi connectivity index (χ4n) is 3.34. The van der Waals surface area contributed by atoms with E-state index in [1.807, 2.05) is 30.8 Å². The van der Waals surface area contributed by atoms with Crippen molar-refractivity contribution in [2.24, 2.45) is 12.1 Å². The first kappa shape index (κ1) is 23.0. The summed E-state index contributed by atoms with van der Waals surface area (Å²) < 4.78 is 8.92. The van der Waals surface area contributed by atoms with E-state index in [0.29, 0.717) is 5.52 Å². The molecule has 0 aliphatic carbocycles. The Balaban J connectivity index is 0.00000141. The fourth-order valence-corrected chi connectivity index (χ4v) is 3.34. The van der Waals surface area contributed by atoms with Crippen molar-refractivity contribution < 1.29 is 19.7 Å². The van der Waals surface area contributed by atoms with Crippen LogP contribution in [0.1, 0.15) is 24.4 Å². The van der Waals surface area contributed by atoms with Gasteiger partial charge in [0.05, 0.1) is 12.5 Å². The summed E-state index contributed by atoms with van der Waals surface area (Å²) >= 11 is 0. The Kier molecular flexibility index (Phi) is 6.62. The number of hydrogen-bond acceptors (Lipinski definition) is 11. The first-order valence-electron chi connectivity index (χ1n) is 9.55. The quantitative estimate of drug-likeness (QED) is 0.266. The topological polar surface area (TPSA) is 190 Å². The maximum absolute atomic E-state index is 11.7. The van der Waals surface area contributed by atoms with Crippen molar-refractivity contribution in [1.29, 1.82) is 5.41 Å². The number of hydrazone groups is 1. The number of anilines is 2. The second kappa shape index (κ2) is 9.21. The minimum absolute atomic E-state index is 0.100. The number of nitrogens with zero attached hydrogens (tertiary/aromatic N) is 6. The molecule has 0 bridgehead atoms. The van der Waals surface area contributed by atoms with Crippen LogP contribution >= 0.6 is 0 Å². The number of aryl methyl sites for hydroxylation is 2. The van der Waals surface area contributed by atoms with Gasteiger partial charge in [0.15, 0.2) is 23.5 Å². The monoisotopic (exact) mass is 443 g/mol. The molecule has 13 heteroatoms. The zero-order valence-electron chi connectivity index (χ0n) is 17.8. The highest BCUT2D eigenvalue weighted by Crippen LogP contribution is 2.32. The molecule has 1 saturated heterocycles. The molecule has 1 aliphatic heterocycles. The van der Waals surface area contributed by atoms with E-state index in [0.717, 1.165) is 11.3 Å². The number of carbonyl (C=O) groups is 1. The van der Waals surface area contributed by atoms with Crippen LogP contribution in [0.5, 0.6) is 0 Å². The number of aliphatic hydroxyl groups excluding tert-OH is 2. The van der Waals surface area contributed by atoms with Gasteiger partial charge in [-0.1, -0.05) is 0 Å². The standard InChI is InChI=1S/C18H22N8O4.CH3N/c1-8-4-10(6-25(8)3)5-21-24-18-22-15(19)11-16(23-18)26(7-20-11)17-13(29)12(28)14(30-17)9(2)27;1-2/h4-7,12-14,17,28-29H,1-3H3,(H3,19,22,23,24);2H,1H2/b21-5-;/t12-,13+,14+,17+;/m0./s1. The van der Waals surface area contributed by atoms with Crippen molar-refractivity contribution in [1.82, 2.24) is 24.1 Å². The summed E-state index contributed by atoms with van der Waals surface area (Å²) in [5.74, 6) is -0.180. The molecule has 4 rings (SSSR count). The van der Waals surface area contributed by atoms with E-state index in [4.69, 9.17) is 15.9 Å². The molecule has 6 N–H and O–H groups in total. The molecule has 1 fully saturated rings. The highest BCUT2D eigenvalue weighted by Gasteiger charge is 2.46. The molecule has 170 valence electrons. The Labute approximate surface area is 183 Å². The Morgan fingerprint density at radius 3 is 2.69 bits per heavy atom. The molecule has 0 aromatic carbocycles. The number of aromatic nitrogens is 5. The summed E-state index contributed by atoms with van der Waals surface area (Å²) in [6.07, 6.45) is -0.00708. The average Bonchev–Trinajstić information content (AvgIpc) is 3.40. The van der Waals surface area contributed by atoms with E-state index in [1.54, 1.807) is 6.21 Å². The number of nitrogens with one attached hydrogen (secondary N) is 2. The molecule has 32 heavy (non-hydrogen) atoms. The van der Waals surface area contributed by atoms with Crippen LogP contribution in [0.2, 0.25) is 0 Å². The number of fused-ring (bicyclic) bond motifs is 1. The number of carbonyl (C=O) groups excluding carboxylic acids is 1. The zero-order chi connectivity index (χ0) is 23.6. The Bertz CT molecular complexity index is 1140. The van der Waals surface area contributed by atoms with Gasteiger partial charge in [0.25, 0.3) is 0 Å². The molecule has 3 aromatic rings. The Morgan fingerprint density at radius 2 is 2.09 bits per heavy atom. The molecular weight excluding hydrogens is 418 g/mol. The molecule has 0 spiro atoms. The van der Waals surface area contributed by atoms with Crippen molar-refractivity contribution in [3.8, 4) is 0 Å². The van der Waals surface area contributed by atoms with Gasteiger partial charge in [-0.2, -0.15) is 15.1 Å². The summed E-state index contributed by atoms with van der Waals surface area (Å²) in [5.41, 5.74) is 11.2. The van der Waals surface area contributed by atoms with Crippen LogP contribution < -0.4 is 11.2 Å². The molecule has 4 heterocycles. The number of rotatable bonds is 5. The Morgan fingerprint density at radius 1 is 1.38 bits per heavy atom. The predicted molar refractivity (Wildman–Crippen MR) is 118 cm³/mol. The molecule has 13 nitrogen and oxygen atoms in total. The summed E-state index contributed by atoms with van der Waals surface area (Å²) in [6.45, 7) is 5.76. The number of hydrogen-bond donors (Lipinski definition) is 5. The van der Waals surface area contributed by atoms with Gasteiger partial charge in [-0.05, 0) is 26.6 Å². The van der Waals surface area contributed by atoms with E-state index in [1.165, 1.54) is 17.8 Å². The third-order valence-corrected chi connectivity index (χ3v) is 5.01. The molecule has 0 amide bonds. The molecule has 4 atom stereocenters. The van der Waals surface area contributed by atoms with Crippen LogP contribution in [0, 0.1) is 12.3 Å². The van der Waals surface area contributed by atoms with Gasteiger partial charge in [-0.3, -0.25) is 9.36 Å². The second-order valence-electron chi connectivity index (χ2n) is 7.19. The number of aliphatic hydroxyl groups is 2. The van der Waals surface area contributed by atoms with Gasteiger partial charge in [0.2, 0.25) is 5.95 Å². The summed E-state index contributed by atoms with van der Waals surface area (Å²) in [6, 6.07) is 1.97. The van der Waals surface area contributed by atoms with Gasteiger partial charge in [0.1, 0.15) is 23.8 Å². The molecule has 0 unspecified atom stereocenters. The SMILES string of the molecule is C=N.CC(=O)[C@H]1O[C@@H](n2cnc3c(N)nc(N/N=C\c4cc(C)n(C)c4)nc32)[C@H](O)[C@@H]1O. The lowest BCUT2D eigenvalue weighted by atomic mass is 10.1. The molecule has 1 aliphatic rings. The maximum atomic E-state index is 11.7. The van der Waals surface area contributed by atoms with Crippen molar-refractivity contribution in [2.45, 2.75) is 38.4 Å². The minimum atomic E-state index is -1.36. The van der Waals surface area contributed by atoms with Crippen molar-refractivity contribution in [3.63, 3.8) is 0 Å². The lowest BCUT2D eigenvalue weighted by molar-refractivity contribution is -0.133. The highest BCUT2D eigenvalue weighted by atomic mass is 16.6. The summed E-state index contributed by atoms with van der Waals surface area (Å²) in [7, 11) is 1.94. The number of ether oxygens (including phenoxy) is 1. The Hall–Kier alpha value is -3.68. The van der Waals surface area contributed by atoms with Crippen molar-refractivity contribution in [2.75, 3.05) is 11.2 Å². The van der Waals surface area contributed by atoms with Crippen LogP contribution in [0.15, 0.2) is 23.7 Å². The van der Waals surface area contributed by atoms with Crippen LogP contribution in [0.4, 0.5) is 11.8 Å². The van der Waals surface area contributed by atoms with Crippen LogP contribution in [0.25, 0.3) is 11.2 Å². The molecule has 0 saturated carbocycles. The number of nitrogens with two attached hydrogens (primary N) is 1. The molecule has 0 radical (unpaired) electrons. The van der Waals surface area contributed by atoms with Crippen LogP contribution in [-0.2, 0) is 16.6 Å². The average molecular weight is 443 g/mol. The van der Waals surface area contributed by atoms with E-state index >= 15 is 0 Å². The van der Waals surface area contributed by atoms with Crippen LogP contribution in [0.3, 0.4) is 0 Å². The largest absolute Gasteiger partial charge is 0.387 e. The smallest absolute Gasteiger partial charge is 0.247 e. The van der Waals surface area contributed by atoms with Crippen molar-refractivity contribution >= 4 is 41.6 Å². The van der Waals surface area contributed by atoms with Gasteiger partial charge in [-0.25, -0.2) is 10.4 Å². The van der Waals surface area contributed by atoms with Gasteiger partial charge in [0, 0.05) is 24.5 Å². The van der Waals surface area contributed by atoms with Crippen LogP contribution in [-0.4, -0.2) is 71.3 Å². The number of Topliss-reactive ketones (excluding diaryl/α,β-unsaturated/α-hetero) is 1.